The van der Waals surface area contributed by atoms with Gasteiger partial charge < -0.3 is 19.8 Å². The maximum absolute atomic E-state index is 12.6. The Morgan fingerprint density at radius 2 is 1.04 bits per heavy atom. The van der Waals surface area contributed by atoms with Crippen LogP contribution in [0.2, 0.25) is 5.02 Å². The van der Waals surface area contributed by atoms with E-state index in [0.29, 0.717) is 29.2 Å². The normalized spacial score (nSPS) is 10.8. The number of nitrogens with one attached hydrogen (secondary N) is 2. The predicted molar refractivity (Wildman–Crippen MR) is 202 cm³/mol. The number of hydrogen-bond donors (Lipinski definition) is 2. The number of rotatable bonds is 8. The lowest BCUT2D eigenvalue weighted by Gasteiger charge is -2.13. The Morgan fingerprint density at radius 3 is 1.65 bits per heavy atom. The second-order valence-corrected chi connectivity index (χ2v) is 12.2. The Hall–Kier alpha value is -6.51. The van der Waals surface area contributed by atoms with Crippen LogP contribution in [0.3, 0.4) is 0 Å². The summed E-state index contributed by atoms with van der Waals surface area (Å²) in [5.74, 6) is -0.304. The van der Waals surface area contributed by atoms with E-state index < -0.39 is 0 Å². The molecular formula is C42H33ClN6O2. The van der Waals surface area contributed by atoms with Crippen LogP contribution in [0, 0.1) is 0 Å². The number of hydrogen-bond acceptors (Lipinski definition) is 4. The van der Waals surface area contributed by atoms with E-state index in [2.05, 4.69) is 20.6 Å². The summed E-state index contributed by atoms with van der Waals surface area (Å²) in [7, 11) is 0. The van der Waals surface area contributed by atoms with Crippen molar-refractivity contribution in [1.82, 2.24) is 29.7 Å². The molecule has 0 saturated carbocycles. The molecule has 2 amide bonds. The smallest absolute Gasteiger partial charge is 0.253 e. The van der Waals surface area contributed by atoms with Gasteiger partial charge in [0, 0.05) is 77.3 Å². The average Bonchev–Trinajstić information content (AvgIpc) is 3.92. The second-order valence-electron chi connectivity index (χ2n) is 11.7. The van der Waals surface area contributed by atoms with E-state index in [0.717, 1.165) is 44.3 Å². The highest BCUT2D eigenvalue weighted by Crippen LogP contribution is 2.24. The van der Waals surface area contributed by atoms with Crippen LogP contribution >= 0.6 is 11.6 Å². The molecule has 8 rings (SSSR count). The molecule has 0 atom stereocenters. The Kier molecular flexibility index (Phi) is 9.94. The van der Waals surface area contributed by atoms with Gasteiger partial charge >= 0.3 is 0 Å². The first-order chi connectivity index (χ1) is 25.0. The number of halogens is 1. The fraction of sp³-hybridized carbons (Fsp3) is 0.0476. The van der Waals surface area contributed by atoms with E-state index in [1.165, 1.54) is 0 Å². The third-order valence-electron chi connectivity index (χ3n) is 8.42. The van der Waals surface area contributed by atoms with Gasteiger partial charge in [0.2, 0.25) is 0 Å². The van der Waals surface area contributed by atoms with Gasteiger partial charge in [-0.15, -0.1) is 0 Å². The summed E-state index contributed by atoms with van der Waals surface area (Å²) in [6.07, 6.45) is 11.1. The number of benzene rings is 4. The van der Waals surface area contributed by atoms with Crippen molar-refractivity contribution in [3.63, 3.8) is 0 Å². The SMILES string of the molecule is O=C(NCc1c(Cl)cccc1-n1cccc1)c1cnc2ccccc2c1.O=C(NCc1ccccc1-n1cccc1)c1cnc2ccccc2c1. The van der Waals surface area contributed by atoms with Gasteiger partial charge in [0.05, 0.1) is 27.8 Å². The van der Waals surface area contributed by atoms with Gasteiger partial charge in [-0.3, -0.25) is 19.6 Å². The molecule has 2 N–H and O–H groups in total. The highest BCUT2D eigenvalue weighted by molar-refractivity contribution is 6.31. The zero-order chi connectivity index (χ0) is 35.0. The molecule has 0 saturated heterocycles. The highest BCUT2D eigenvalue weighted by atomic mass is 35.5. The van der Waals surface area contributed by atoms with Crippen LogP contribution in [0.1, 0.15) is 31.8 Å². The molecule has 0 aliphatic rings. The Balaban J connectivity index is 0.000000159. The lowest BCUT2D eigenvalue weighted by molar-refractivity contribution is 0.0942. The van der Waals surface area contributed by atoms with Crippen LogP contribution < -0.4 is 10.6 Å². The van der Waals surface area contributed by atoms with Crippen LogP contribution in [0.25, 0.3) is 33.2 Å². The standard InChI is InChI=1S/C21H16ClN3O.C21H17N3O/c22-18-7-5-9-20(25-10-3-4-11-25)17(18)14-24-21(26)16-12-15-6-1-2-8-19(15)23-13-16;25-21(18-13-16-7-1-3-9-19(16)22-15-18)23-14-17-8-2-4-10-20(17)24-11-5-6-12-24/h1-13H,14H2,(H,24,26);1-13,15H,14H2,(H,23,25). The molecule has 51 heavy (non-hydrogen) atoms. The largest absolute Gasteiger partial charge is 0.348 e. The molecule has 8 nitrogen and oxygen atoms in total. The number of para-hydroxylation sites is 3. The molecule has 0 aliphatic heterocycles. The quantitative estimate of drug-likeness (QED) is 0.167. The number of amides is 2. The Bertz CT molecular complexity index is 2440. The fourth-order valence-corrected chi connectivity index (χ4v) is 6.04. The molecule has 4 aromatic carbocycles. The number of carbonyl (C=O) groups is 2. The van der Waals surface area contributed by atoms with Crippen molar-refractivity contribution in [3.05, 3.63) is 192 Å². The summed E-state index contributed by atoms with van der Waals surface area (Å²) < 4.78 is 4.02. The van der Waals surface area contributed by atoms with E-state index in [-0.39, 0.29) is 11.8 Å². The third-order valence-corrected chi connectivity index (χ3v) is 8.78. The zero-order valence-electron chi connectivity index (χ0n) is 27.5. The van der Waals surface area contributed by atoms with Crippen LogP contribution in [0.5, 0.6) is 0 Å². The van der Waals surface area contributed by atoms with Gasteiger partial charge in [-0.2, -0.15) is 0 Å². The maximum atomic E-state index is 12.6. The summed E-state index contributed by atoms with van der Waals surface area (Å²) >= 11 is 6.38. The summed E-state index contributed by atoms with van der Waals surface area (Å²) in [6, 6.07) is 40.8. The molecule has 0 spiro atoms. The van der Waals surface area contributed by atoms with E-state index in [1.807, 2.05) is 161 Å². The first kappa shape index (κ1) is 33.0. The van der Waals surface area contributed by atoms with Crippen LogP contribution in [-0.2, 0) is 13.1 Å². The minimum Gasteiger partial charge on any atom is -0.348 e. The Labute approximate surface area is 300 Å². The molecule has 9 heteroatoms. The molecule has 0 unspecified atom stereocenters. The van der Waals surface area contributed by atoms with Crippen molar-refractivity contribution in [2.45, 2.75) is 13.1 Å². The zero-order valence-corrected chi connectivity index (χ0v) is 28.2. The van der Waals surface area contributed by atoms with Gasteiger partial charge in [0.15, 0.2) is 0 Å². The predicted octanol–water partition coefficient (Wildman–Crippen LogP) is 8.56. The lowest BCUT2D eigenvalue weighted by atomic mass is 10.1. The highest BCUT2D eigenvalue weighted by Gasteiger charge is 2.13. The summed E-state index contributed by atoms with van der Waals surface area (Å²) in [5, 5.41) is 8.45. The topological polar surface area (TPSA) is 93.8 Å². The molecule has 0 aliphatic carbocycles. The Morgan fingerprint density at radius 1 is 0.549 bits per heavy atom. The minimum absolute atomic E-state index is 0.124. The first-order valence-corrected chi connectivity index (χ1v) is 16.8. The average molecular weight is 689 g/mol. The molecule has 4 heterocycles. The summed E-state index contributed by atoms with van der Waals surface area (Å²) in [4.78, 5) is 33.8. The van der Waals surface area contributed by atoms with Gasteiger partial charge in [-0.05, 0) is 72.3 Å². The molecule has 0 radical (unpaired) electrons. The van der Waals surface area contributed by atoms with E-state index in [4.69, 9.17) is 11.6 Å². The molecule has 0 bridgehead atoms. The van der Waals surface area contributed by atoms with Crippen LogP contribution in [-0.4, -0.2) is 30.9 Å². The summed E-state index contributed by atoms with van der Waals surface area (Å²) in [5.41, 5.74) is 6.77. The van der Waals surface area contributed by atoms with E-state index in [9.17, 15) is 9.59 Å². The van der Waals surface area contributed by atoms with E-state index in [1.54, 1.807) is 12.4 Å². The molecular weight excluding hydrogens is 656 g/mol. The summed E-state index contributed by atoms with van der Waals surface area (Å²) in [6.45, 7) is 0.791. The lowest BCUT2D eigenvalue weighted by Crippen LogP contribution is -2.23. The number of fused-ring (bicyclic) bond motifs is 2. The molecule has 4 aromatic heterocycles. The second kappa shape index (κ2) is 15.4. The number of nitrogens with zero attached hydrogens (tertiary/aromatic N) is 4. The number of aromatic nitrogens is 4. The van der Waals surface area contributed by atoms with Gasteiger partial charge in [0.1, 0.15) is 0 Å². The van der Waals surface area contributed by atoms with E-state index >= 15 is 0 Å². The van der Waals surface area contributed by atoms with Gasteiger partial charge in [-0.1, -0.05) is 72.3 Å². The van der Waals surface area contributed by atoms with Crippen molar-refractivity contribution in [2.75, 3.05) is 0 Å². The van der Waals surface area contributed by atoms with Crippen LogP contribution in [0.15, 0.2) is 165 Å². The van der Waals surface area contributed by atoms with Gasteiger partial charge in [-0.25, -0.2) is 0 Å². The van der Waals surface area contributed by atoms with Crippen molar-refractivity contribution >= 4 is 45.2 Å². The molecule has 0 fully saturated rings. The number of pyridine rings is 2. The van der Waals surface area contributed by atoms with Crippen molar-refractivity contribution in [3.8, 4) is 11.4 Å². The molecule has 250 valence electrons. The number of carbonyl (C=O) groups excluding carboxylic acids is 2. The molecule has 8 aromatic rings. The fourth-order valence-electron chi connectivity index (χ4n) is 5.81. The van der Waals surface area contributed by atoms with Crippen molar-refractivity contribution in [1.29, 1.82) is 0 Å². The van der Waals surface area contributed by atoms with Gasteiger partial charge in [0.25, 0.3) is 11.8 Å². The maximum Gasteiger partial charge on any atom is 0.253 e. The van der Waals surface area contributed by atoms with Crippen molar-refractivity contribution < 1.29 is 9.59 Å². The monoisotopic (exact) mass is 688 g/mol. The minimum atomic E-state index is -0.179. The third kappa shape index (κ3) is 7.72. The van der Waals surface area contributed by atoms with Crippen LogP contribution in [0.4, 0.5) is 0 Å². The van der Waals surface area contributed by atoms with Crippen molar-refractivity contribution in [2.24, 2.45) is 0 Å². The first-order valence-electron chi connectivity index (χ1n) is 16.4.